The van der Waals surface area contributed by atoms with E-state index in [9.17, 15) is 9.59 Å². The number of fused-ring (bicyclic) bond motifs is 4. The Balaban J connectivity index is 1.21. The van der Waals surface area contributed by atoms with Crippen LogP contribution in [0.4, 0.5) is 0 Å². The summed E-state index contributed by atoms with van der Waals surface area (Å²) < 4.78 is 2.14. The van der Waals surface area contributed by atoms with Crippen molar-refractivity contribution < 1.29 is 4.79 Å². The molecule has 1 amide bonds. The topological polar surface area (TPSA) is 106 Å². The first kappa shape index (κ1) is 18.5. The van der Waals surface area contributed by atoms with E-state index in [-0.39, 0.29) is 17.9 Å². The Morgan fingerprint density at radius 1 is 1.14 bits per heavy atom. The van der Waals surface area contributed by atoms with Crippen LogP contribution in [-0.4, -0.2) is 30.6 Å². The van der Waals surface area contributed by atoms with Crippen LogP contribution in [0.5, 0.6) is 0 Å². The summed E-state index contributed by atoms with van der Waals surface area (Å²) in [6, 6.07) is 0. The van der Waals surface area contributed by atoms with Gasteiger partial charge in [0.1, 0.15) is 16.5 Å². The molecule has 0 atom stereocenters. The van der Waals surface area contributed by atoms with Crippen LogP contribution in [0.25, 0.3) is 10.2 Å². The summed E-state index contributed by atoms with van der Waals surface area (Å²) in [6.07, 6.45) is 8.25. The van der Waals surface area contributed by atoms with Gasteiger partial charge in [-0.3, -0.25) is 9.59 Å². The van der Waals surface area contributed by atoms with E-state index in [0.29, 0.717) is 18.8 Å². The standard InChI is InChI=1S/C20H24N6O2S/c27-17(21-11-16-25-24-15-7-2-1-3-10-26(15)16)9-8-14-22-19(28)18-12-5-4-6-13(12)29-20(18)23-14/h1-11H2,(H,21,27)(H,22,23,28). The molecule has 0 radical (unpaired) electrons. The fourth-order valence-electron chi connectivity index (χ4n) is 4.34. The third-order valence-corrected chi connectivity index (χ3v) is 7.03. The third-order valence-electron chi connectivity index (χ3n) is 5.84. The van der Waals surface area contributed by atoms with Crippen molar-refractivity contribution in [2.75, 3.05) is 0 Å². The average molecular weight is 413 g/mol. The van der Waals surface area contributed by atoms with Crippen LogP contribution in [-0.2, 0) is 43.6 Å². The zero-order chi connectivity index (χ0) is 19.8. The van der Waals surface area contributed by atoms with Gasteiger partial charge in [0.15, 0.2) is 5.82 Å². The normalized spacial score (nSPS) is 15.9. The van der Waals surface area contributed by atoms with Crippen LogP contribution >= 0.6 is 11.3 Å². The summed E-state index contributed by atoms with van der Waals surface area (Å²) in [4.78, 5) is 34.4. The smallest absolute Gasteiger partial charge is 0.259 e. The number of hydrogen-bond acceptors (Lipinski definition) is 6. The minimum atomic E-state index is -0.0765. The van der Waals surface area contributed by atoms with Crippen molar-refractivity contribution in [1.82, 2.24) is 30.0 Å². The SMILES string of the molecule is O=C(CCc1nc2sc3c(c2c(=O)[nH]1)CCC3)NCc1nnc2n1CCCCC2. The Labute approximate surface area is 171 Å². The molecule has 2 N–H and O–H groups in total. The first-order chi connectivity index (χ1) is 14.2. The molecule has 0 unspecified atom stereocenters. The summed E-state index contributed by atoms with van der Waals surface area (Å²) in [5.74, 6) is 2.34. The van der Waals surface area contributed by atoms with E-state index < -0.39 is 0 Å². The van der Waals surface area contributed by atoms with Gasteiger partial charge in [-0.15, -0.1) is 21.5 Å². The van der Waals surface area contributed by atoms with Gasteiger partial charge >= 0.3 is 0 Å². The summed E-state index contributed by atoms with van der Waals surface area (Å²) in [5, 5.41) is 12.2. The molecule has 0 spiro atoms. The van der Waals surface area contributed by atoms with E-state index in [0.717, 1.165) is 66.9 Å². The van der Waals surface area contributed by atoms with Crippen LogP contribution in [0, 0.1) is 0 Å². The van der Waals surface area contributed by atoms with E-state index in [4.69, 9.17) is 0 Å². The molecule has 3 aromatic rings. The second-order valence-corrected chi connectivity index (χ2v) is 8.91. The zero-order valence-electron chi connectivity index (χ0n) is 16.3. The summed E-state index contributed by atoms with van der Waals surface area (Å²) in [5.41, 5.74) is 1.10. The number of aryl methyl sites for hydroxylation is 4. The summed E-state index contributed by atoms with van der Waals surface area (Å²) >= 11 is 1.62. The van der Waals surface area contributed by atoms with Gasteiger partial charge in [-0.1, -0.05) is 6.42 Å². The highest BCUT2D eigenvalue weighted by Gasteiger charge is 2.21. The maximum Gasteiger partial charge on any atom is 0.259 e. The fourth-order valence-corrected chi connectivity index (χ4v) is 5.62. The molecule has 9 heteroatoms. The van der Waals surface area contributed by atoms with Gasteiger partial charge in [-0.25, -0.2) is 4.98 Å². The maximum atomic E-state index is 12.5. The molecule has 1 aliphatic heterocycles. The monoisotopic (exact) mass is 412 g/mol. The molecule has 4 heterocycles. The fraction of sp³-hybridized carbons (Fsp3) is 0.550. The van der Waals surface area contributed by atoms with Gasteiger partial charge in [0.25, 0.3) is 5.56 Å². The lowest BCUT2D eigenvalue weighted by molar-refractivity contribution is -0.121. The maximum absolute atomic E-state index is 12.5. The van der Waals surface area contributed by atoms with Gasteiger partial charge in [0, 0.05) is 30.7 Å². The zero-order valence-corrected chi connectivity index (χ0v) is 17.1. The summed E-state index contributed by atoms with van der Waals surface area (Å²) in [6.45, 7) is 1.30. The van der Waals surface area contributed by atoms with E-state index in [1.165, 1.54) is 16.9 Å². The van der Waals surface area contributed by atoms with Gasteiger partial charge in [0.2, 0.25) is 5.91 Å². The van der Waals surface area contributed by atoms with Crippen LogP contribution < -0.4 is 10.9 Å². The van der Waals surface area contributed by atoms with Gasteiger partial charge in [-0.2, -0.15) is 0 Å². The molecular formula is C20H24N6O2S. The predicted octanol–water partition coefficient (Wildman–Crippen LogP) is 2.04. The Hall–Kier alpha value is -2.55. The van der Waals surface area contributed by atoms with Gasteiger partial charge in [0.05, 0.1) is 11.9 Å². The molecule has 3 aromatic heterocycles. The molecule has 5 rings (SSSR count). The van der Waals surface area contributed by atoms with Gasteiger partial charge < -0.3 is 14.9 Å². The molecule has 0 fully saturated rings. The molecule has 0 aromatic carbocycles. The van der Waals surface area contributed by atoms with Crippen LogP contribution in [0.15, 0.2) is 4.79 Å². The van der Waals surface area contributed by atoms with Crippen molar-refractivity contribution in [3.05, 3.63) is 38.3 Å². The van der Waals surface area contributed by atoms with Crippen LogP contribution in [0.2, 0.25) is 0 Å². The number of hydrogen-bond donors (Lipinski definition) is 2. The number of amides is 1. The largest absolute Gasteiger partial charge is 0.349 e. The highest BCUT2D eigenvalue weighted by molar-refractivity contribution is 7.18. The van der Waals surface area contributed by atoms with Crippen molar-refractivity contribution in [2.24, 2.45) is 0 Å². The number of rotatable bonds is 5. The highest BCUT2D eigenvalue weighted by atomic mass is 32.1. The third kappa shape index (κ3) is 3.59. The van der Waals surface area contributed by atoms with Crippen molar-refractivity contribution >= 4 is 27.5 Å². The van der Waals surface area contributed by atoms with Crippen LogP contribution in [0.3, 0.4) is 0 Å². The molecule has 8 nitrogen and oxygen atoms in total. The van der Waals surface area contributed by atoms with Crippen LogP contribution in [0.1, 0.15) is 60.0 Å². The lowest BCUT2D eigenvalue weighted by Crippen LogP contribution is -2.25. The van der Waals surface area contributed by atoms with E-state index in [2.05, 4.69) is 30.0 Å². The number of nitrogens with one attached hydrogen (secondary N) is 2. The second kappa shape index (κ2) is 7.70. The molecule has 152 valence electrons. The quantitative estimate of drug-likeness (QED) is 0.667. The molecule has 1 aliphatic carbocycles. The van der Waals surface area contributed by atoms with E-state index in [1.807, 2.05) is 0 Å². The molecule has 2 aliphatic rings. The highest BCUT2D eigenvalue weighted by Crippen LogP contribution is 2.34. The lowest BCUT2D eigenvalue weighted by atomic mass is 10.2. The van der Waals surface area contributed by atoms with Gasteiger partial charge in [-0.05, 0) is 37.7 Å². The van der Waals surface area contributed by atoms with Crippen molar-refractivity contribution in [3.8, 4) is 0 Å². The van der Waals surface area contributed by atoms with Crippen molar-refractivity contribution in [3.63, 3.8) is 0 Å². The Morgan fingerprint density at radius 2 is 2.07 bits per heavy atom. The second-order valence-electron chi connectivity index (χ2n) is 7.82. The number of nitrogens with zero attached hydrogens (tertiary/aromatic N) is 4. The first-order valence-electron chi connectivity index (χ1n) is 10.4. The molecule has 0 saturated carbocycles. The number of H-pyrrole nitrogens is 1. The number of carbonyl (C=O) groups excluding carboxylic acids is 1. The molecule has 0 saturated heterocycles. The molecular weight excluding hydrogens is 388 g/mol. The minimum absolute atomic E-state index is 0.0732. The number of aromatic nitrogens is 5. The number of aromatic amines is 1. The minimum Gasteiger partial charge on any atom is -0.349 e. The van der Waals surface area contributed by atoms with E-state index >= 15 is 0 Å². The van der Waals surface area contributed by atoms with Crippen molar-refractivity contribution in [1.29, 1.82) is 0 Å². The first-order valence-corrected chi connectivity index (χ1v) is 11.2. The van der Waals surface area contributed by atoms with E-state index in [1.54, 1.807) is 11.3 Å². The average Bonchev–Trinajstić information content (AvgIpc) is 3.35. The lowest BCUT2D eigenvalue weighted by Gasteiger charge is -2.08. The molecule has 0 bridgehead atoms. The Morgan fingerprint density at radius 3 is 3.00 bits per heavy atom. The van der Waals surface area contributed by atoms with Crippen molar-refractivity contribution in [2.45, 2.75) is 70.9 Å². The Bertz CT molecular complexity index is 1130. The molecule has 29 heavy (non-hydrogen) atoms. The number of carbonyl (C=O) groups is 1. The predicted molar refractivity (Wildman–Crippen MR) is 110 cm³/mol. The Kier molecular flexibility index (Phi) is 4.91. The number of thiophene rings is 1. The summed E-state index contributed by atoms with van der Waals surface area (Å²) in [7, 11) is 0.